The molecule has 0 aromatic heterocycles. The van der Waals surface area contributed by atoms with Crippen LogP contribution in [0.3, 0.4) is 0 Å². The molecule has 3 rings (SSSR count). The summed E-state index contributed by atoms with van der Waals surface area (Å²) in [5.41, 5.74) is 5.87. The van der Waals surface area contributed by atoms with E-state index < -0.39 is 34.2 Å². The first-order valence-corrected chi connectivity index (χ1v) is 12.3. The van der Waals surface area contributed by atoms with Gasteiger partial charge in [0.05, 0.1) is 12.8 Å². The Balaban J connectivity index is 2.11. The topological polar surface area (TPSA) is 157 Å². The second kappa shape index (κ2) is 10.5. The van der Waals surface area contributed by atoms with Crippen molar-refractivity contribution >= 4 is 16.1 Å². The number of aliphatic hydroxyl groups excluding tert-OH is 1. The van der Waals surface area contributed by atoms with Gasteiger partial charge in [0, 0.05) is 19.8 Å². The summed E-state index contributed by atoms with van der Waals surface area (Å²) in [6.07, 6.45) is 0.431. The summed E-state index contributed by atoms with van der Waals surface area (Å²) in [5, 5.41) is 21.5. The lowest BCUT2D eigenvalue weighted by Crippen LogP contribution is -2.62. The van der Waals surface area contributed by atoms with Crippen molar-refractivity contribution in [2.75, 3.05) is 20.5 Å². The molecule has 3 unspecified atom stereocenters. The number of fused-ring (bicyclic) bond motifs is 1. The molecule has 1 aliphatic rings. The maximum Gasteiger partial charge on any atom is 0.306 e. The monoisotopic (exact) mass is 504 g/mol. The first-order chi connectivity index (χ1) is 16.5. The summed E-state index contributed by atoms with van der Waals surface area (Å²) in [6.45, 7) is 1.77. The molecular weight excluding hydrogens is 476 g/mol. The van der Waals surface area contributed by atoms with Gasteiger partial charge in [0.1, 0.15) is 23.6 Å². The number of methoxy groups -OCH3 is 2. The number of nitrogens with zero attached hydrogens (tertiary/aromatic N) is 3. The summed E-state index contributed by atoms with van der Waals surface area (Å²) in [6, 6.07) is 12.4. The third-order valence-corrected chi connectivity index (χ3v) is 6.05. The fourth-order valence-corrected chi connectivity index (χ4v) is 4.43. The Labute approximate surface area is 204 Å². The highest BCUT2D eigenvalue weighted by molar-refractivity contribution is 7.86. The van der Waals surface area contributed by atoms with E-state index in [-0.39, 0.29) is 29.6 Å². The minimum Gasteiger partial charge on any atom is -0.479 e. The normalized spacial score (nSPS) is 22.1. The molecule has 0 amide bonds. The minimum atomic E-state index is -3.83. The minimum absolute atomic E-state index is 0.0247. The number of hydrogen-bond acceptors (Lipinski definition) is 9. The van der Waals surface area contributed by atoms with Gasteiger partial charge in [0.15, 0.2) is 18.1 Å². The van der Waals surface area contributed by atoms with E-state index in [9.17, 15) is 18.8 Å². The van der Waals surface area contributed by atoms with E-state index in [2.05, 4.69) is 4.99 Å². The maximum absolute atomic E-state index is 11.7. The molecule has 1 aliphatic heterocycles. The van der Waals surface area contributed by atoms with Crippen LogP contribution in [-0.2, 0) is 26.1 Å². The number of guanidine groups is 1. The average Bonchev–Trinajstić information content (AvgIpc) is 2.81. The Bertz CT molecular complexity index is 1210. The molecule has 0 radical (unpaired) electrons. The van der Waals surface area contributed by atoms with Gasteiger partial charge in [-0.3, -0.25) is 0 Å². The Morgan fingerprint density at radius 1 is 1.29 bits per heavy atom. The van der Waals surface area contributed by atoms with Crippen LogP contribution in [0.4, 0.5) is 0 Å². The van der Waals surface area contributed by atoms with Crippen LogP contribution >= 0.6 is 0 Å². The van der Waals surface area contributed by atoms with Crippen molar-refractivity contribution in [1.82, 2.24) is 4.90 Å². The number of aliphatic hydroxyl groups is 1. The molecule has 0 fully saturated rings. The summed E-state index contributed by atoms with van der Waals surface area (Å²) >= 11 is 0. The lowest BCUT2D eigenvalue weighted by atomic mass is 9.83. The zero-order valence-electron chi connectivity index (χ0n) is 19.8. The highest BCUT2D eigenvalue weighted by Crippen LogP contribution is 2.46. The molecule has 0 saturated carbocycles. The maximum atomic E-state index is 11.7. The molecule has 0 bridgehead atoms. The number of aliphatic imine (C=N–C) groups is 1. The number of ether oxygens (including phenoxy) is 3. The van der Waals surface area contributed by atoms with Gasteiger partial charge in [-0.05, 0) is 30.7 Å². The van der Waals surface area contributed by atoms with Crippen molar-refractivity contribution in [3.8, 4) is 17.7 Å². The van der Waals surface area contributed by atoms with Crippen molar-refractivity contribution in [3.05, 3.63) is 59.7 Å². The van der Waals surface area contributed by atoms with Gasteiger partial charge in [-0.2, -0.15) is 13.7 Å². The fourth-order valence-electron chi connectivity index (χ4n) is 3.98. The Morgan fingerprint density at radius 2 is 1.94 bits per heavy atom. The van der Waals surface area contributed by atoms with Crippen molar-refractivity contribution in [2.45, 2.75) is 37.5 Å². The van der Waals surface area contributed by atoms with Crippen molar-refractivity contribution in [2.24, 2.45) is 10.7 Å². The summed E-state index contributed by atoms with van der Waals surface area (Å²) in [5.74, 6) is 0.0682. The standard InChI is InChI=1S/C23H28N4O7S/c1-23(21(31-2)32-3)20(28)19(17-12-16(34-35(4,29)30)10-11-18(17)33-23)27(14-24)22(25)26-13-15-8-6-5-7-9-15/h5-12,19-21,28H,13H2,1-4H3,(H2,25,26). The molecule has 12 heteroatoms. The molecule has 0 spiro atoms. The van der Waals surface area contributed by atoms with Crippen LogP contribution in [0.2, 0.25) is 0 Å². The first-order valence-electron chi connectivity index (χ1n) is 10.5. The Hall–Kier alpha value is -3.37. The number of nitriles is 1. The van der Waals surface area contributed by atoms with E-state index in [4.69, 9.17) is 24.1 Å². The summed E-state index contributed by atoms with van der Waals surface area (Å²) in [4.78, 5) is 5.36. The molecule has 2 aromatic rings. The van der Waals surface area contributed by atoms with Crippen molar-refractivity contribution < 1.29 is 31.9 Å². The quantitative estimate of drug-likeness (QED) is 0.135. The third-order valence-electron chi connectivity index (χ3n) is 5.56. The fraction of sp³-hybridized carbons (Fsp3) is 0.391. The first kappa shape index (κ1) is 26.2. The summed E-state index contributed by atoms with van der Waals surface area (Å²) < 4.78 is 45.1. The Morgan fingerprint density at radius 3 is 2.51 bits per heavy atom. The van der Waals surface area contributed by atoms with Gasteiger partial charge >= 0.3 is 10.1 Å². The average molecular weight is 505 g/mol. The SMILES string of the molecule is COC(OC)C1(C)Oc2ccc(OS(C)(=O)=O)cc2C(N(C#N)C(N)=NCc2ccccc2)C1O. The predicted octanol–water partition coefficient (Wildman–Crippen LogP) is 1.49. The molecule has 1 heterocycles. The second-order valence-electron chi connectivity index (χ2n) is 8.10. The van der Waals surface area contributed by atoms with Crippen LogP contribution in [0.5, 0.6) is 11.5 Å². The number of benzene rings is 2. The zero-order valence-corrected chi connectivity index (χ0v) is 20.6. The van der Waals surface area contributed by atoms with Gasteiger partial charge in [0.2, 0.25) is 5.96 Å². The molecule has 188 valence electrons. The molecule has 0 saturated heterocycles. The van der Waals surface area contributed by atoms with Gasteiger partial charge in [-0.1, -0.05) is 30.3 Å². The second-order valence-corrected chi connectivity index (χ2v) is 9.67. The van der Waals surface area contributed by atoms with E-state index in [0.29, 0.717) is 0 Å². The van der Waals surface area contributed by atoms with Crippen molar-refractivity contribution in [1.29, 1.82) is 5.26 Å². The molecule has 0 aliphatic carbocycles. The predicted molar refractivity (Wildman–Crippen MR) is 127 cm³/mol. The lowest BCUT2D eigenvalue weighted by molar-refractivity contribution is -0.241. The number of hydrogen-bond donors (Lipinski definition) is 2. The smallest absolute Gasteiger partial charge is 0.306 e. The van der Waals surface area contributed by atoms with E-state index in [0.717, 1.165) is 16.7 Å². The number of nitrogens with two attached hydrogens (primary N) is 1. The lowest BCUT2D eigenvalue weighted by Gasteiger charge is -2.48. The van der Waals surface area contributed by atoms with Gasteiger partial charge < -0.3 is 29.2 Å². The molecular formula is C23H28N4O7S. The van der Waals surface area contributed by atoms with E-state index in [1.165, 1.54) is 32.4 Å². The molecule has 35 heavy (non-hydrogen) atoms. The van der Waals surface area contributed by atoms with Crippen LogP contribution in [0.25, 0.3) is 0 Å². The Kier molecular flexibility index (Phi) is 7.86. The highest BCUT2D eigenvalue weighted by atomic mass is 32.2. The van der Waals surface area contributed by atoms with Crippen LogP contribution in [-0.4, -0.2) is 62.9 Å². The van der Waals surface area contributed by atoms with Crippen LogP contribution < -0.4 is 14.7 Å². The van der Waals surface area contributed by atoms with Gasteiger partial charge in [-0.25, -0.2) is 9.89 Å². The third kappa shape index (κ3) is 5.66. The summed E-state index contributed by atoms with van der Waals surface area (Å²) in [7, 11) is -1.05. The van der Waals surface area contributed by atoms with E-state index in [1.54, 1.807) is 6.92 Å². The van der Waals surface area contributed by atoms with Crippen LogP contribution in [0, 0.1) is 11.5 Å². The van der Waals surface area contributed by atoms with E-state index >= 15 is 0 Å². The largest absolute Gasteiger partial charge is 0.479 e. The molecule has 11 nitrogen and oxygen atoms in total. The van der Waals surface area contributed by atoms with Gasteiger partial charge in [-0.15, -0.1) is 0 Å². The van der Waals surface area contributed by atoms with Gasteiger partial charge in [0.25, 0.3) is 0 Å². The van der Waals surface area contributed by atoms with Crippen molar-refractivity contribution in [3.63, 3.8) is 0 Å². The van der Waals surface area contributed by atoms with Crippen LogP contribution in [0.15, 0.2) is 53.5 Å². The highest BCUT2D eigenvalue weighted by Gasteiger charge is 2.54. The van der Waals surface area contributed by atoms with Crippen LogP contribution in [0.1, 0.15) is 24.1 Å². The number of rotatable bonds is 8. The van der Waals surface area contributed by atoms with E-state index in [1.807, 2.05) is 36.5 Å². The molecule has 3 atom stereocenters. The zero-order chi connectivity index (χ0) is 25.8. The molecule has 3 N–H and O–H groups in total. The molecule has 2 aromatic carbocycles.